The van der Waals surface area contributed by atoms with Gasteiger partial charge in [0.15, 0.2) is 9.84 Å². The van der Waals surface area contributed by atoms with Gasteiger partial charge in [-0.05, 0) is 36.6 Å². The molecule has 0 bridgehead atoms. The molecule has 0 heterocycles. The fourth-order valence-electron chi connectivity index (χ4n) is 2.82. The first-order valence-electron chi connectivity index (χ1n) is 8.48. The Morgan fingerprint density at radius 2 is 1.60 bits per heavy atom. The lowest BCUT2D eigenvalue weighted by Gasteiger charge is -2.21. The fraction of sp³-hybridized carbons (Fsp3) is 0.350. The summed E-state index contributed by atoms with van der Waals surface area (Å²) in [5.74, 6) is -0.184. The highest BCUT2D eigenvalue weighted by Crippen LogP contribution is 2.23. The van der Waals surface area contributed by atoms with E-state index in [2.05, 4.69) is 12.2 Å². The molecule has 0 fully saturated rings. The van der Waals surface area contributed by atoms with Crippen molar-refractivity contribution in [1.82, 2.24) is 5.32 Å². The average molecular weight is 359 g/mol. The van der Waals surface area contributed by atoms with Crippen molar-refractivity contribution in [3.05, 3.63) is 65.7 Å². The zero-order valence-electron chi connectivity index (χ0n) is 14.9. The molecule has 0 aromatic heterocycles. The molecule has 2 atom stereocenters. The maximum atomic E-state index is 12.7. The number of rotatable bonds is 7. The highest BCUT2D eigenvalue weighted by Gasteiger charge is 2.21. The van der Waals surface area contributed by atoms with Gasteiger partial charge in [-0.3, -0.25) is 4.79 Å². The second-order valence-corrected chi connectivity index (χ2v) is 8.34. The molecule has 0 aliphatic heterocycles. The van der Waals surface area contributed by atoms with E-state index in [1.807, 2.05) is 37.3 Å². The van der Waals surface area contributed by atoms with E-state index in [0.29, 0.717) is 0 Å². The molecule has 1 N–H and O–H groups in total. The van der Waals surface area contributed by atoms with Crippen LogP contribution < -0.4 is 5.32 Å². The summed E-state index contributed by atoms with van der Waals surface area (Å²) in [6, 6.07) is 16.2. The third-order valence-corrected chi connectivity index (χ3v) is 5.39. The van der Waals surface area contributed by atoms with Crippen LogP contribution in [0.25, 0.3) is 0 Å². The van der Waals surface area contributed by atoms with Crippen molar-refractivity contribution in [2.24, 2.45) is 0 Å². The zero-order valence-corrected chi connectivity index (χ0v) is 15.7. The van der Waals surface area contributed by atoms with Gasteiger partial charge in [-0.15, -0.1) is 0 Å². The normalized spacial score (nSPS) is 13.9. The molecule has 0 radical (unpaired) electrons. The SMILES string of the molecule is CCC[C@@H](C(=O)N[C@@H](C)c1ccc(S(C)(=O)=O)cc1)c1ccccc1. The maximum absolute atomic E-state index is 12.7. The number of nitrogens with one attached hydrogen (secondary N) is 1. The monoisotopic (exact) mass is 359 g/mol. The van der Waals surface area contributed by atoms with Gasteiger partial charge in [0.1, 0.15) is 0 Å². The molecule has 0 saturated heterocycles. The Hall–Kier alpha value is -2.14. The van der Waals surface area contributed by atoms with Gasteiger partial charge in [0, 0.05) is 6.26 Å². The molecular formula is C20H25NO3S. The number of hydrogen-bond acceptors (Lipinski definition) is 3. The third kappa shape index (κ3) is 5.16. The molecule has 0 aliphatic rings. The summed E-state index contributed by atoms with van der Waals surface area (Å²) >= 11 is 0. The van der Waals surface area contributed by atoms with Crippen LogP contribution in [0.3, 0.4) is 0 Å². The Kier molecular flexibility index (Phi) is 6.37. The molecule has 4 nitrogen and oxygen atoms in total. The predicted molar refractivity (Wildman–Crippen MR) is 100 cm³/mol. The first kappa shape index (κ1) is 19.2. The van der Waals surface area contributed by atoms with Crippen LogP contribution in [-0.2, 0) is 14.6 Å². The summed E-state index contributed by atoms with van der Waals surface area (Å²) in [5.41, 5.74) is 1.89. The standard InChI is InChI=1S/C20H25NO3S/c1-4-8-19(17-9-6-5-7-10-17)20(22)21-15(2)16-11-13-18(14-12-16)25(3,23)24/h5-7,9-15,19H,4,8H2,1-3H3,(H,21,22)/t15-,19+/m0/s1. The number of carbonyl (C=O) groups is 1. The highest BCUT2D eigenvalue weighted by atomic mass is 32.2. The van der Waals surface area contributed by atoms with Gasteiger partial charge in [-0.2, -0.15) is 0 Å². The summed E-state index contributed by atoms with van der Waals surface area (Å²) in [6.07, 6.45) is 2.89. The second kappa shape index (κ2) is 8.30. The molecule has 134 valence electrons. The molecule has 2 aromatic rings. The Morgan fingerprint density at radius 1 is 1.00 bits per heavy atom. The van der Waals surface area contributed by atoms with Gasteiger partial charge in [-0.1, -0.05) is 55.8 Å². The summed E-state index contributed by atoms with van der Waals surface area (Å²) < 4.78 is 23.1. The lowest BCUT2D eigenvalue weighted by Crippen LogP contribution is -2.31. The zero-order chi connectivity index (χ0) is 18.4. The van der Waals surface area contributed by atoms with Crippen LogP contribution in [0.4, 0.5) is 0 Å². The van der Waals surface area contributed by atoms with E-state index in [-0.39, 0.29) is 22.8 Å². The molecule has 0 aliphatic carbocycles. The highest BCUT2D eigenvalue weighted by molar-refractivity contribution is 7.90. The first-order chi connectivity index (χ1) is 11.8. The van der Waals surface area contributed by atoms with Crippen molar-refractivity contribution < 1.29 is 13.2 Å². The molecule has 2 aromatic carbocycles. The van der Waals surface area contributed by atoms with Crippen molar-refractivity contribution in [3.8, 4) is 0 Å². The topological polar surface area (TPSA) is 63.2 Å². The van der Waals surface area contributed by atoms with Gasteiger partial charge >= 0.3 is 0 Å². The number of benzene rings is 2. The van der Waals surface area contributed by atoms with Crippen molar-refractivity contribution in [3.63, 3.8) is 0 Å². The molecular weight excluding hydrogens is 334 g/mol. The minimum atomic E-state index is -3.21. The van der Waals surface area contributed by atoms with Crippen LogP contribution in [0.2, 0.25) is 0 Å². The summed E-state index contributed by atoms with van der Waals surface area (Å²) in [5, 5.41) is 3.05. The van der Waals surface area contributed by atoms with E-state index >= 15 is 0 Å². The van der Waals surface area contributed by atoms with E-state index in [1.165, 1.54) is 6.26 Å². The van der Waals surface area contributed by atoms with E-state index in [1.54, 1.807) is 24.3 Å². The van der Waals surface area contributed by atoms with Gasteiger partial charge in [0.05, 0.1) is 16.9 Å². The van der Waals surface area contributed by atoms with Gasteiger partial charge in [0.2, 0.25) is 5.91 Å². The third-order valence-electron chi connectivity index (χ3n) is 4.26. The number of amides is 1. The van der Waals surface area contributed by atoms with Crippen LogP contribution in [0, 0.1) is 0 Å². The maximum Gasteiger partial charge on any atom is 0.228 e. The second-order valence-electron chi connectivity index (χ2n) is 6.32. The Bertz CT molecular complexity index is 799. The Morgan fingerprint density at radius 3 is 2.12 bits per heavy atom. The van der Waals surface area contributed by atoms with Gasteiger partial charge < -0.3 is 5.32 Å². The van der Waals surface area contributed by atoms with Crippen LogP contribution in [0.15, 0.2) is 59.5 Å². The van der Waals surface area contributed by atoms with Crippen molar-refractivity contribution in [2.75, 3.05) is 6.26 Å². The molecule has 0 saturated carbocycles. The van der Waals surface area contributed by atoms with Gasteiger partial charge in [-0.25, -0.2) is 8.42 Å². The van der Waals surface area contributed by atoms with Crippen molar-refractivity contribution in [1.29, 1.82) is 0 Å². The lowest BCUT2D eigenvalue weighted by molar-refractivity contribution is -0.123. The number of sulfone groups is 1. The summed E-state index contributed by atoms with van der Waals surface area (Å²) in [4.78, 5) is 13.0. The number of hydrogen-bond donors (Lipinski definition) is 1. The van der Waals surface area contributed by atoms with Gasteiger partial charge in [0.25, 0.3) is 0 Å². The Balaban J connectivity index is 2.12. The van der Waals surface area contributed by atoms with E-state index in [4.69, 9.17) is 0 Å². The minimum absolute atomic E-state index is 0.00672. The van der Waals surface area contributed by atoms with Crippen LogP contribution in [0.5, 0.6) is 0 Å². The van der Waals surface area contributed by atoms with Crippen LogP contribution >= 0.6 is 0 Å². The Labute approximate surface area is 150 Å². The van der Waals surface area contributed by atoms with E-state index in [0.717, 1.165) is 24.0 Å². The largest absolute Gasteiger partial charge is 0.349 e. The predicted octanol–water partition coefficient (Wildman–Crippen LogP) is 3.85. The molecule has 0 unspecified atom stereocenters. The quantitative estimate of drug-likeness (QED) is 0.817. The average Bonchev–Trinajstić information content (AvgIpc) is 2.59. The molecule has 25 heavy (non-hydrogen) atoms. The lowest BCUT2D eigenvalue weighted by atomic mass is 9.93. The van der Waals surface area contributed by atoms with E-state index < -0.39 is 9.84 Å². The molecule has 0 spiro atoms. The smallest absolute Gasteiger partial charge is 0.228 e. The number of carbonyl (C=O) groups excluding carboxylic acids is 1. The fourth-order valence-corrected chi connectivity index (χ4v) is 3.45. The van der Waals surface area contributed by atoms with Crippen LogP contribution in [-0.4, -0.2) is 20.6 Å². The first-order valence-corrected chi connectivity index (χ1v) is 10.4. The van der Waals surface area contributed by atoms with Crippen molar-refractivity contribution >= 4 is 15.7 Å². The van der Waals surface area contributed by atoms with E-state index in [9.17, 15) is 13.2 Å². The summed E-state index contributed by atoms with van der Waals surface area (Å²) in [6.45, 7) is 3.97. The molecule has 5 heteroatoms. The molecule has 2 rings (SSSR count). The molecule has 1 amide bonds. The minimum Gasteiger partial charge on any atom is -0.349 e. The summed E-state index contributed by atoms with van der Waals surface area (Å²) in [7, 11) is -3.21. The van der Waals surface area contributed by atoms with Crippen molar-refractivity contribution in [2.45, 2.75) is 43.5 Å². The van der Waals surface area contributed by atoms with Crippen LogP contribution in [0.1, 0.15) is 49.8 Å².